The van der Waals surface area contributed by atoms with Crippen LogP contribution in [-0.4, -0.2) is 50.6 Å². The van der Waals surface area contributed by atoms with Crippen molar-refractivity contribution in [2.45, 2.75) is 25.8 Å². The van der Waals surface area contributed by atoms with E-state index < -0.39 is 0 Å². The van der Waals surface area contributed by atoms with Crippen molar-refractivity contribution in [3.8, 4) is 0 Å². The maximum atomic E-state index is 8.55. The van der Waals surface area contributed by atoms with Crippen molar-refractivity contribution in [3.63, 3.8) is 0 Å². The van der Waals surface area contributed by atoms with E-state index in [1.165, 1.54) is 0 Å². The van der Waals surface area contributed by atoms with Crippen LogP contribution in [0, 0.1) is 0 Å². The number of nitrogens with zero attached hydrogens (tertiary/aromatic N) is 5. The Bertz CT molecular complexity index is 393. The average molecular weight is 238 g/mol. The first-order valence-electron chi connectivity index (χ1n) is 5.86. The maximum absolute atomic E-state index is 8.55. The number of hydrogen-bond acceptors (Lipinski definition) is 5. The minimum atomic E-state index is 0.00208. The van der Waals surface area contributed by atoms with E-state index in [-0.39, 0.29) is 5.84 Å². The van der Waals surface area contributed by atoms with Crippen LogP contribution in [0.15, 0.2) is 11.4 Å². The van der Waals surface area contributed by atoms with Crippen LogP contribution >= 0.6 is 0 Å². The molecule has 0 spiro atoms. The minimum absolute atomic E-state index is 0.00208. The van der Waals surface area contributed by atoms with Crippen LogP contribution in [0.2, 0.25) is 0 Å². The lowest BCUT2D eigenvalue weighted by atomic mass is 10.1. The van der Waals surface area contributed by atoms with E-state index >= 15 is 0 Å². The molecule has 94 valence electrons. The standard InChI is InChI=1S/C10H18N6O/c1-2-15-5-3-8(4-6-15)16-7-9(12-14-16)10(11)13-17/h7-8,17H,2-6H2,1H3,(H2,11,13). The highest BCUT2D eigenvalue weighted by Gasteiger charge is 2.21. The molecule has 1 fully saturated rings. The highest BCUT2D eigenvalue weighted by molar-refractivity contribution is 5.94. The van der Waals surface area contributed by atoms with Gasteiger partial charge in [0.15, 0.2) is 11.5 Å². The fraction of sp³-hybridized carbons (Fsp3) is 0.700. The zero-order valence-corrected chi connectivity index (χ0v) is 9.95. The van der Waals surface area contributed by atoms with Crippen LogP contribution in [0.5, 0.6) is 0 Å². The Balaban J connectivity index is 2.01. The summed E-state index contributed by atoms with van der Waals surface area (Å²) in [5, 5.41) is 19.4. The zero-order chi connectivity index (χ0) is 12.3. The van der Waals surface area contributed by atoms with E-state index in [0.717, 1.165) is 32.5 Å². The quantitative estimate of drug-likeness (QED) is 0.335. The second kappa shape index (κ2) is 5.13. The first-order chi connectivity index (χ1) is 8.24. The second-order valence-corrected chi connectivity index (χ2v) is 4.23. The molecule has 7 heteroatoms. The predicted molar refractivity (Wildman–Crippen MR) is 62.9 cm³/mol. The van der Waals surface area contributed by atoms with Crippen LogP contribution in [0.3, 0.4) is 0 Å². The molecule has 7 nitrogen and oxygen atoms in total. The molecule has 1 saturated heterocycles. The van der Waals surface area contributed by atoms with Crippen molar-refractivity contribution in [1.29, 1.82) is 0 Å². The predicted octanol–water partition coefficient (Wildman–Crippen LogP) is 0.0294. The van der Waals surface area contributed by atoms with Gasteiger partial charge in [-0.15, -0.1) is 5.10 Å². The zero-order valence-electron chi connectivity index (χ0n) is 9.95. The molecule has 1 aromatic rings. The van der Waals surface area contributed by atoms with E-state index in [1.807, 2.05) is 4.68 Å². The third-order valence-corrected chi connectivity index (χ3v) is 3.26. The molecule has 0 aliphatic carbocycles. The minimum Gasteiger partial charge on any atom is -0.409 e. The third-order valence-electron chi connectivity index (χ3n) is 3.26. The van der Waals surface area contributed by atoms with Gasteiger partial charge in [-0.2, -0.15) is 0 Å². The van der Waals surface area contributed by atoms with Crippen molar-refractivity contribution in [2.24, 2.45) is 10.9 Å². The normalized spacial score (nSPS) is 19.7. The van der Waals surface area contributed by atoms with Crippen molar-refractivity contribution in [1.82, 2.24) is 19.9 Å². The summed E-state index contributed by atoms with van der Waals surface area (Å²) in [4.78, 5) is 2.41. The van der Waals surface area contributed by atoms with Gasteiger partial charge in [-0.05, 0) is 19.4 Å². The van der Waals surface area contributed by atoms with Crippen LogP contribution in [0.25, 0.3) is 0 Å². The Morgan fingerprint density at radius 1 is 1.59 bits per heavy atom. The molecule has 0 amide bonds. The van der Waals surface area contributed by atoms with E-state index in [9.17, 15) is 0 Å². The van der Waals surface area contributed by atoms with Gasteiger partial charge in [0.05, 0.1) is 12.2 Å². The maximum Gasteiger partial charge on any atom is 0.192 e. The highest BCUT2D eigenvalue weighted by Crippen LogP contribution is 2.21. The SMILES string of the molecule is CCN1CCC(n2cc(/C(N)=N/O)nn2)CC1. The largest absolute Gasteiger partial charge is 0.409 e. The molecule has 0 saturated carbocycles. The molecule has 2 heterocycles. The summed E-state index contributed by atoms with van der Waals surface area (Å²) in [7, 11) is 0. The topological polar surface area (TPSA) is 92.6 Å². The first-order valence-corrected chi connectivity index (χ1v) is 5.86. The fourth-order valence-corrected chi connectivity index (χ4v) is 2.12. The number of piperidine rings is 1. The molecule has 0 unspecified atom stereocenters. The summed E-state index contributed by atoms with van der Waals surface area (Å²) in [6, 6.07) is 0.366. The molecule has 0 atom stereocenters. The van der Waals surface area contributed by atoms with Crippen molar-refractivity contribution >= 4 is 5.84 Å². The van der Waals surface area contributed by atoms with Gasteiger partial charge >= 0.3 is 0 Å². The van der Waals surface area contributed by atoms with Crippen LogP contribution in [0.4, 0.5) is 0 Å². The van der Waals surface area contributed by atoms with Crippen LogP contribution < -0.4 is 5.73 Å². The van der Waals surface area contributed by atoms with Crippen molar-refractivity contribution in [3.05, 3.63) is 11.9 Å². The summed E-state index contributed by atoms with van der Waals surface area (Å²) in [5.41, 5.74) is 5.88. The summed E-state index contributed by atoms with van der Waals surface area (Å²) in [6.07, 6.45) is 3.86. The smallest absolute Gasteiger partial charge is 0.192 e. The van der Waals surface area contributed by atoms with Gasteiger partial charge in [-0.3, -0.25) is 0 Å². The summed E-state index contributed by atoms with van der Waals surface area (Å²) in [5.74, 6) is 0.00208. The summed E-state index contributed by atoms with van der Waals surface area (Å²) < 4.78 is 1.82. The molecule has 0 aromatic carbocycles. The lowest BCUT2D eigenvalue weighted by molar-refractivity contribution is 0.186. The van der Waals surface area contributed by atoms with Gasteiger partial charge in [0.1, 0.15) is 0 Å². The molecule has 1 aliphatic rings. The number of rotatable bonds is 3. The van der Waals surface area contributed by atoms with Gasteiger partial charge in [0.2, 0.25) is 0 Å². The molecule has 17 heavy (non-hydrogen) atoms. The Morgan fingerprint density at radius 3 is 2.88 bits per heavy atom. The van der Waals surface area contributed by atoms with Gasteiger partial charge in [0.25, 0.3) is 0 Å². The van der Waals surface area contributed by atoms with Crippen LogP contribution in [0.1, 0.15) is 31.5 Å². The number of aromatic nitrogens is 3. The number of likely N-dealkylation sites (tertiary alicyclic amines) is 1. The molecule has 0 radical (unpaired) electrons. The number of hydrogen-bond donors (Lipinski definition) is 2. The lowest BCUT2D eigenvalue weighted by Gasteiger charge is -2.30. The molecule has 0 bridgehead atoms. The summed E-state index contributed by atoms with van der Waals surface area (Å²) >= 11 is 0. The van der Waals surface area contributed by atoms with Crippen molar-refractivity contribution in [2.75, 3.05) is 19.6 Å². The van der Waals surface area contributed by atoms with Gasteiger partial charge in [0, 0.05) is 13.1 Å². The Labute approximate surface area is 99.9 Å². The number of oxime groups is 1. The Kier molecular flexibility index (Phi) is 3.58. The fourth-order valence-electron chi connectivity index (χ4n) is 2.12. The van der Waals surface area contributed by atoms with Crippen LogP contribution in [-0.2, 0) is 0 Å². The highest BCUT2D eigenvalue weighted by atomic mass is 16.4. The second-order valence-electron chi connectivity index (χ2n) is 4.23. The van der Waals surface area contributed by atoms with Gasteiger partial charge in [-0.25, -0.2) is 4.68 Å². The van der Waals surface area contributed by atoms with E-state index in [1.54, 1.807) is 6.20 Å². The third kappa shape index (κ3) is 2.55. The Hall–Kier alpha value is -1.63. The van der Waals surface area contributed by atoms with Gasteiger partial charge in [-0.1, -0.05) is 17.3 Å². The molecular formula is C10H18N6O. The molecule has 2 rings (SSSR count). The van der Waals surface area contributed by atoms with Crippen molar-refractivity contribution < 1.29 is 5.21 Å². The Morgan fingerprint density at radius 2 is 2.29 bits per heavy atom. The molecule has 3 N–H and O–H groups in total. The van der Waals surface area contributed by atoms with E-state index in [0.29, 0.717) is 11.7 Å². The average Bonchev–Trinajstić information content (AvgIpc) is 2.87. The number of nitrogens with two attached hydrogens (primary N) is 1. The summed E-state index contributed by atoms with van der Waals surface area (Å²) in [6.45, 7) is 5.44. The van der Waals surface area contributed by atoms with E-state index in [2.05, 4.69) is 27.3 Å². The monoisotopic (exact) mass is 238 g/mol. The van der Waals surface area contributed by atoms with Gasteiger partial charge < -0.3 is 15.8 Å². The molecule has 1 aromatic heterocycles. The number of amidine groups is 1. The first kappa shape index (κ1) is 11.8. The lowest BCUT2D eigenvalue weighted by Crippen LogP contribution is -2.34. The molecular weight excluding hydrogens is 220 g/mol. The van der Waals surface area contributed by atoms with E-state index in [4.69, 9.17) is 10.9 Å². The molecule has 1 aliphatic heterocycles.